The Bertz CT molecular complexity index is 309. The Hall–Kier alpha value is -1.14. The molecule has 0 saturated carbocycles. The number of hydrogen-bond acceptors (Lipinski definition) is 6. The van der Waals surface area contributed by atoms with Gasteiger partial charge in [-0.05, 0) is 25.7 Å². The van der Waals surface area contributed by atoms with Gasteiger partial charge in [0.25, 0.3) is 0 Å². The van der Waals surface area contributed by atoms with Crippen molar-refractivity contribution >= 4 is 11.9 Å². The largest absolute Gasteiger partial charge is 0.469 e. The molecule has 0 aromatic carbocycles. The van der Waals surface area contributed by atoms with Crippen molar-refractivity contribution in [3.63, 3.8) is 0 Å². The van der Waals surface area contributed by atoms with Gasteiger partial charge in [-0.15, -0.1) is 0 Å². The molecule has 2 atom stereocenters. The van der Waals surface area contributed by atoms with E-state index in [0.29, 0.717) is 25.5 Å². The van der Waals surface area contributed by atoms with Gasteiger partial charge in [0.1, 0.15) is 0 Å². The maximum absolute atomic E-state index is 11.5. The maximum atomic E-state index is 11.5. The van der Waals surface area contributed by atoms with E-state index in [-0.39, 0.29) is 24.5 Å². The molecule has 0 aromatic heterocycles. The van der Waals surface area contributed by atoms with Crippen molar-refractivity contribution in [3.05, 3.63) is 0 Å². The van der Waals surface area contributed by atoms with Crippen LogP contribution < -0.4 is 5.73 Å². The Morgan fingerprint density at radius 1 is 1.32 bits per heavy atom. The number of carbonyl (C=O) groups is 2. The van der Waals surface area contributed by atoms with E-state index in [1.54, 1.807) is 6.92 Å². The number of methoxy groups -OCH3 is 1. The molecule has 0 radical (unpaired) electrons. The predicted molar refractivity (Wildman–Crippen MR) is 70.4 cm³/mol. The molecule has 6 nitrogen and oxygen atoms in total. The van der Waals surface area contributed by atoms with Crippen molar-refractivity contribution in [3.8, 4) is 0 Å². The van der Waals surface area contributed by atoms with Crippen LogP contribution in [0.2, 0.25) is 0 Å². The van der Waals surface area contributed by atoms with Crippen LogP contribution >= 0.6 is 0 Å². The van der Waals surface area contributed by atoms with E-state index >= 15 is 0 Å². The molecule has 1 fully saturated rings. The number of hydrogen-bond donors (Lipinski definition) is 1. The lowest BCUT2D eigenvalue weighted by Crippen LogP contribution is -2.48. The first-order valence-corrected chi connectivity index (χ1v) is 6.75. The molecule has 2 unspecified atom stereocenters. The molecule has 0 amide bonds. The van der Waals surface area contributed by atoms with E-state index in [9.17, 15) is 9.59 Å². The minimum Gasteiger partial charge on any atom is -0.469 e. The highest BCUT2D eigenvalue weighted by Gasteiger charge is 2.26. The summed E-state index contributed by atoms with van der Waals surface area (Å²) in [7, 11) is 1.39. The van der Waals surface area contributed by atoms with E-state index in [4.69, 9.17) is 10.5 Å². The number of esters is 2. The van der Waals surface area contributed by atoms with Crippen LogP contribution in [-0.4, -0.2) is 56.2 Å². The summed E-state index contributed by atoms with van der Waals surface area (Å²) in [5.41, 5.74) is 5.99. The first-order valence-electron chi connectivity index (χ1n) is 6.75. The fraction of sp³-hybridized carbons (Fsp3) is 0.846. The highest BCUT2D eigenvalue weighted by molar-refractivity contribution is 5.71. The molecule has 1 aliphatic rings. The topological polar surface area (TPSA) is 81.9 Å². The summed E-state index contributed by atoms with van der Waals surface area (Å²) in [6.45, 7) is 3.94. The van der Waals surface area contributed by atoms with Gasteiger partial charge in [0.05, 0.1) is 20.3 Å². The third kappa shape index (κ3) is 6.02. The molecule has 0 aromatic rings. The Morgan fingerprint density at radius 2 is 2.05 bits per heavy atom. The van der Waals surface area contributed by atoms with Crippen molar-refractivity contribution in [2.75, 3.05) is 33.4 Å². The smallest absolute Gasteiger partial charge is 0.320 e. The summed E-state index contributed by atoms with van der Waals surface area (Å²) in [6, 6.07) is 0.0471. The minimum atomic E-state index is -0.219. The fourth-order valence-corrected chi connectivity index (χ4v) is 2.50. The van der Waals surface area contributed by atoms with Gasteiger partial charge in [-0.25, -0.2) is 0 Å². The second-order valence-electron chi connectivity index (χ2n) is 4.98. The standard InChI is InChI=1S/C13H24N2O4/c1-3-19-13(17)9-15-7-10(6-11(14)8-15)4-5-12(16)18-2/h10-11H,3-9,14H2,1-2H3. The lowest BCUT2D eigenvalue weighted by molar-refractivity contribution is -0.145. The zero-order chi connectivity index (χ0) is 14.3. The normalized spacial score (nSPS) is 23.9. The highest BCUT2D eigenvalue weighted by atomic mass is 16.5. The molecule has 1 saturated heterocycles. The first-order chi connectivity index (χ1) is 9.05. The van der Waals surface area contributed by atoms with E-state index in [1.807, 2.05) is 4.90 Å². The molecule has 1 aliphatic heterocycles. The van der Waals surface area contributed by atoms with Crippen LogP contribution in [-0.2, 0) is 19.1 Å². The summed E-state index contributed by atoms with van der Waals surface area (Å²) in [5, 5.41) is 0. The number of ether oxygens (including phenoxy) is 2. The summed E-state index contributed by atoms with van der Waals surface area (Å²) < 4.78 is 9.57. The van der Waals surface area contributed by atoms with Crippen molar-refractivity contribution < 1.29 is 19.1 Å². The Labute approximate surface area is 114 Å². The zero-order valence-electron chi connectivity index (χ0n) is 11.8. The molecule has 2 N–H and O–H groups in total. The molecular formula is C13H24N2O4. The number of likely N-dealkylation sites (tertiary alicyclic amines) is 1. The van der Waals surface area contributed by atoms with Gasteiger partial charge in [-0.3, -0.25) is 14.5 Å². The zero-order valence-corrected chi connectivity index (χ0v) is 11.8. The number of piperidine rings is 1. The molecule has 6 heteroatoms. The van der Waals surface area contributed by atoms with Crippen LogP contribution in [0.5, 0.6) is 0 Å². The van der Waals surface area contributed by atoms with Crippen LogP contribution in [0.3, 0.4) is 0 Å². The molecule has 1 heterocycles. The molecule has 110 valence electrons. The van der Waals surface area contributed by atoms with E-state index in [0.717, 1.165) is 19.4 Å². The molecule has 1 rings (SSSR count). The van der Waals surface area contributed by atoms with Crippen LogP contribution in [0.1, 0.15) is 26.2 Å². The van der Waals surface area contributed by atoms with Gasteiger partial charge in [-0.2, -0.15) is 0 Å². The second-order valence-corrected chi connectivity index (χ2v) is 4.98. The Kier molecular flexibility index (Phi) is 6.80. The average Bonchev–Trinajstić information content (AvgIpc) is 2.35. The average molecular weight is 272 g/mol. The van der Waals surface area contributed by atoms with Crippen molar-refractivity contribution in [2.45, 2.75) is 32.2 Å². The van der Waals surface area contributed by atoms with E-state index < -0.39 is 0 Å². The summed E-state index contributed by atoms with van der Waals surface area (Å²) >= 11 is 0. The van der Waals surface area contributed by atoms with Gasteiger partial charge in [0.2, 0.25) is 0 Å². The van der Waals surface area contributed by atoms with E-state index in [2.05, 4.69) is 4.74 Å². The van der Waals surface area contributed by atoms with Gasteiger partial charge < -0.3 is 15.2 Å². The quantitative estimate of drug-likeness (QED) is 0.693. The summed E-state index contributed by atoms with van der Waals surface area (Å²) in [5.74, 6) is -0.0864. The van der Waals surface area contributed by atoms with Gasteiger partial charge >= 0.3 is 11.9 Å². The monoisotopic (exact) mass is 272 g/mol. The first kappa shape index (κ1) is 15.9. The van der Waals surface area contributed by atoms with Gasteiger partial charge in [-0.1, -0.05) is 0 Å². The molecular weight excluding hydrogens is 248 g/mol. The van der Waals surface area contributed by atoms with Crippen LogP contribution in [0.4, 0.5) is 0 Å². The van der Waals surface area contributed by atoms with Crippen LogP contribution in [0, 0.1) is 5.92 Å². The number of nitrogens with two attached hydrogens (primary N) is 1. The van der Waals surface area contributed by atoms with Crippen LogP contribution in [0.25, 0.3) is 0 Å². The van der Waals surface area contributed by atoms with Gasteiger partial charge in [0, 0.05) is 25.6 Å². The highest BCUT2D eigenvalue weighted by Crippen LogP contribution is 2.20. The lowest BCUT2D eigenvalue weighted by atomic mass is 9.91. The minimum absolute atomic E-state index is 0.0471. The molecule has 0 bridgehead atoms. The summed E-state index contributed by atoms with van der Waals surface area (Å²) in [6.07, 6.45) is 2.04. The predicted octanol–water partition coefficient (Wildman–Crippen LogP) is 0.152. The Balaban J connectivity index is 2.39. The number of nitrogens with zero attached hydrogens (tertiary/aromatic N) is 1. The Morgan fingerprint density at radius 3 is 2.68 bits per heavy atom. The molecule has 0 aliphatic carbocycles. The van der Waals surface area contributed by atoms with Crippen molar-refractivity contribution in [1.29, 1.82) is 0 Å². The summed E-state index contributed by atoms with van der Waals surface area (Å²) in [4.78, 5) is 24.6. The van der Waals surface area contributed by atoms with Crippen molar-refractivity contribution in [1.82, 2.24) is 4.90 Å². The third-order valence-electron chi connectivity index (χ3n) is 3.29. The lowest BCUT2D eigenvalue weighted by Gasteiger charge is -2.35. The SMILES string of the molecule is CCOC(=O)CN1CC(N)CC(CCC(=O)OC)C1. The fourth-order valence-electron chi connectivity index (χ4n) is 2.50. The van der Waals surface area contributed by atoms with Crippen molar-refractivity contribution in [2.24, 2.45) is 11.7 Å². The molecule has 19 heavy (non-hydrogen) atoms. The number of rotatable bonds is 6. The third-order valence-corrected chi connectivity index (χ3v) is 3.29. The maximum Gasteiger partial charge on any atom is 0.320 e. The van der Waals surface area contributed by atoms with Crippen LogP contribution in [0.15, 0.2) is 0 Å². The van der Waals surface area contributed by atoms with Gasteiger partial charge in [0.15, 0.2) is 0 Å². The second kappa shape index (κ2) is 8.12. The molecule has 0 spiro atoms. The number of carbonyl (C=O) groups excluding carboxylic acids is 2. The van der Waals surface area contributed by atoms with E-state index in [1.165, 1.54) is 7.11 Å².